The summed E-state index contributed by atoms with van der Waals surface area (Å²) in [6.45, 7) is 2.12. The molecule has 0 fully saturated rings. The van der Waals surface area contributed by atoms with Crippen molar-refractivity contribution in [2.24, 2.45) is 5.73 Å². The molecule has 1 aromatic carbocycles. The summed E-state index contributed by atoms with van der Waals surface area (Å²) in [5.41, 5.74) is 6.88. The summed E-state index contributed by atoms with van der Waals surface area (Å²) < 4.78 is 1.77. The quantitative estimate of drug-likeness (QED) is 0.621. The second-order valence-corrected chi connectivity index (χ2v) is 5.43. The predicted octanol–water partition coefficient (Wildman–Crippen LogP) is 2.27. The average Bonchev–Trinajstić information content (AvgIpc) is 2.92. The van der Waals surface area contributed by atoms with E-state index in [0.29, 0.717) is 6.04 Å². The Morgan fingerprint density at radius 1 is 1.32 bits per heavy atom. The van der Waals surface area contributed by atoms with Gasteiger partial charge < -0.3 is 5.73 Å². The lowest BCUT2D eigenvalue weighted by atomic mass is 10.1. The molecule has 0 aliphatic carbocycles. The van der Waals surface area contributed by atoms with Gasteiger partial charge in [0.25, 0.3) is 0 Å². The van der Waals surface area contributed by atoms with E-state index >= 15 is 0 Å². The highest BCUT2D eigenvalue weighted by Crippen LogP contribution is 2.19. The molecule has 1 unspecified atom stereocenters. The number of thioether (sulfide) groups is 1. The molecule has 1 atom stereocenters. The van der Waals surface area contributed by atoms with Crippen molar-refractivity contribution in [2.75, 3.05) is 5.75 Å². The molecule has 5 nitrogen and oxygen atoms in total. The number of nitrogens with two attached hydrogens (primary N) is 1. The fraction of sp³-hybridized carbons (Fsp3) is 0.462. The van der Waals surface area contributed by atoms with E-state index in [9.17, 15) is 0 Å². The van der Waals surface area contributed by atoms with Gasteiger partial charge in [0, 0.05) is 11.8 Å². The van der Waals surface area contributed by atoms with Crippen LogP contribution < -0.4 is 5.73 Å². The molecule has 0 saturated carbocycles. The van der Waals surface area contributed by atoms with Crippen molar-refractivity contribution in [3.05, 3.63) is 30.3 Å². The van der Waals surface area contributed by atoms with E-state index in [4.69, 9.17) is 5.73 Å². The maximum Gasteiger partial charge on any atom is 0.214 e. The van der Waals surface area contributed by atoms with Gasteiger partial charge in [-0.05, 0) is 41.8 Å². The molecule has 6 heteroatoms. The Morgan fingerprint density at radius 2 is 2.11 bits per heavy atom. The lowest BCUT2D eigenvalue weighted by Gasteiger charge is -2.07. The Labute approximate surface area is 117 Å². The third-order valence-electron chi connectivity index (χ3n) is 2.92. The molecule has 0 aliphatic heterocycles. The number of para-hydroxylation sites is 1. The molecular weight excluding hydrogens is 258 g/mol. The normalized spacial score (nSPS) is 12.5. The minimum Gasteiger partial charge on any atom is -0.328 e. The van der Waals surface area contributed by atoms with Crippen LogP contribution in [0.25, 0.3) is 5.69 Å². The van der Waals surface area contributed by atoms with Gasteiger partial charge in [-0.2, -0.15) is 4.68 Å². The Balaban J connectivity index is 1.90. The first kappa shape index (κ1) is 14.0. The van der Waals surface area contributed by atoms with Crippen molar-refractivity contribution in [1.29, 1.82) is 0 Å². The van der Waals surface area contributed by atoms with E-state index in [-0.39, 0.29) is 0 Å². The van der Waals surface area contributed by atoms with E-state index in [0.717, 1.165) is 35.9 Å². The lowest BCUT2D eigenvalue weighted by Crippen LogP contribution is -2.18. The largest absolute Gasteiger partial charge is 0.328 e. The van der Waals surface area contributed by atoms with Crippen molar-refractivity contribution < 1.29 is 0 Å². The lowest BCUT2D eigenvalue weighted by molar-refractivity contribution is 0.589. The summed E-state index contributed by atoms with van der Waals surface area (Å²) in [7, 11) is 0. The zero-order valence-electron chi connectivity index (χ0n) is 11.1. The monoisotopic (exact) mass is 277 g/mol. The van der Waals surface area contributed by atoms with Crippen LogP contribution in [0.15, 0.2) is 35.5 Å². The molecule has 1 heterocycles. The van der Waals surface area contributed by atoms with Gasteiger partial charge in [0.2, 0.25) is 5.16 Å². The van der Waals surface area contributed by atoms with Gasteiger partial charge in [-0.1, -0.05) is 36.9 Å². The smallest absolute Gasteiger partial charge is 0.214 e. The molecule has 2 N–H and O–H groups in total. The Hall–Kier alpha value is -1.40. The predicted molar refractivity (Wildman–Crippen MR) is 77.4 cm³/mol. The number of hydrogen-bond donors (Lipinski definition) is 1. The van der Waals surface area contributed by atoms with Crippen molar-refractivity contribution in [3.8, 4) is 5.69 Å². The summed E-state index contributed by atoms with van der Waals surface area (Å²) >= 11 is 1.67. The molecule has 102 valence electrons. The number of benzene rings is 1. The van der Waals surface area contributed by atoms with Crippen LogP contribution in [-0.2, 0) is 0 Å². The number of tetrazole rings is 1. The Morgan fingerprint density at radius 3 is 2.84 bits per heavy atom. The second-order valence-electron chi connectivity index (χ2n) is 4.37. The van der Waals surface area contributed by atoms with Crippen LogP contribution in [0.2, 0.25) is 0 Å². The minimum absolute atomic E-state index is 0.311. The molecule has 0 amide bonds. The summed E-state index contributed by atoms with van der Waals surface area (Å²) in [5, 5.41) is 12.7. The van der Waals surface area contributed by atoms with E-state index in [1.807, 2.05) is 30.3 Å². The molecule has 2 rings (SSSR count). The molecule has 19 heavy (non-hydrogen) atoms. The number of rotatable bonds is 7. The molecular formula is C13H19N5S. The number of nitrogens with zero attached hydrogens (tertiary/aromatic N) is 4. The van der Waals surface area contributed by atoms with Crippen LogP contribution in [-0.4, -0.2) is 32.0 Å². The van der Waals surface area contributed by atoms with Crippen LogP contribution in [0.5, 0.6) is 0 Å². The van der Waals surface area contributed by atoms with Crippen molar-refractivity contribution in [2.45, 2.75) is 37.4 Å². The molecule has 0 radical (unpaired) electrons. The van der Waals surface area contributed by atoms with Crippen molar-refractivity contribution in [1.82, 2.24) is 20.2 Å². The maximum atomic E-state index is 5.90. The Kier molecular flexibility index (Phi) is 5.35. The zero-order valence-corrected chi connectivity index (χ0v) is 11.9. The first-order valence-corrected chi connectivity index (χ1v) is 7.52. The van der Waals surface area contributed by atoms with Crippen LogP contribution in [0.4, 0.5) is 0 Å². The molecule has 0 spiro atoms. The van der Waals surface area contributed by atoms with Crippen LogP contribution >= 0.6 is 11.8 Å². The number of hydrogen-bond acceptors (Lipinski definition) is 5. The van der Waals surface area contributed by atoms with E-state index < -0.39 is 0 Å². The number of aromatic nitrogens is 4. The Bertz CT molecular complexity index is 485. The highest BCUT2D eigenvalue weighted by atomic mass is 32.2. The second kappa shape index (κ2) is 7.25. The standard InChI is InChI=1S/C13H19N5S/c1-2-11(14)7-6-10-19-13-15-16-17-18(13)12-8-4-3-5-9-12/h3-5,8-9,11H,2,6-7,10,14H2,1H3. The van der Waals surface area contributed by atoms with Gasteiger partial charge in [0.05, 0.1) is 5.69 Å². The fourth-order valence-corrected chi connectivity index (χ4v) is 2.57. The summed E-state index contributed by atoms with van der Waals surface area (Å²) in [4.78, 5) is 0. The van der Waals surface area contributed by atoms with Crippen LogP contribution in [0.1, 0.15) is 26.2 Å². The van der Waals surface area contributed by atoms with Gasteiger partial charge in [-0.3, -0.25) is 0 Å². The zero-order chi connectivity index (χ0) is 13.5. The topological polar surface area (TPSA) is 69.6 Å². The van der Waals surface area contributed by atoms with Gasteiger partial charge in [-0.15, -0.1) is 5.10 Å². The van der Waals surface area contributed by atoms with Gasteiger partial charge in [0.1, 0.15) is 0 Å². The third-order valence-corrected chi connectivity index (χ3v) is 3.92. The molecule has 0 aliphatic rings. The molecule has 1 aromatic heterocycles. The van der Waals surface area contributed by atoms with Crippen molar-refractivity contribution in [3.63, 3.8) is 0 Å². The maximum absolute atomic E-state index is 5.90. The first-order valence-electron chi connectivity index (χ1n) is 6.53. The summed E-state index contributed by atoms with van der Waals surface area (Å²) in [6, 6.07) is 10.2. The van der Waals surface area contributed by atoms with E-state index in [1.165, 1.54) is 0 Å². The van der Waals surface area contributed by atoms with Crippen LogP contribution in [0.3, 0.4) is 0 Å². The fourth-order valence-electron chi connectivity index (χ4n) is 1.71. The minimum atomic E-state index is 0.311. The molecule has 0 saturated heterocycles. The summed E-state index contributed by atoms with van der Waals surface area (Å²) in [6.07, 6.45) is 3.17. The highest BCUT2D eigenvalue weighted by molar-refractivity contribution is 7.99. The van der Waals surface area contributed by atoms with Crippen LogP contribution in [0, 0.1) is 0 Å². The van der Waals surface area contributed by atoms with E-state index in [2.05, 4.69) is 22.4 Å². The van der Waals surface area contributed by atoms with Crippen molar-refractivity contribution >= 4 is 11.8 Å². The highest BCUT2D eigenvalue weighted by Gasteiger charge is 2.08. The van der Waals surface area contributed by atoms with Gasteiger partial charge >= 0.3 is 0 Å². The van der Waals surface area contributed by atoms with Gasteiger partial charge in [0.15, 0.2) is 0 Å². The average molecular weight is 277 g/mol. The molecule has 0 bridgehead atoms. The third kappa shape index (κ3) is 4.04. The summed E-state index contributed by atoms with van der Waals surface area (Å²) in [5.74, 6) is 0.987. The SMILES string of the molecule is CCC(N)CCCSc1nnnn1-c1ccccc1. The molecule has 2 aromatic rings. The first-order chi connectivity index (χ1) is 9.31. The van der Waals surface area contributed by atoms with E-state index in [1.54, 1.807) is 16.4 Å². The van der Waals surface area contributed by atoms with Gasteiger partial charge in [-0.25, -0.2) is 0 Å².